The molecule has 0 atom stereocenters. The number of benzene rings is 1. The Balaban J connectivity index is 1.59. The van der Waals surface area contributed by atoms with Gasteiger partial charge in [-0.3, -0.25) is 10.1 Å². The van der Waals surface area contributed by atoms with Crippen molar-refractivity contribution in [3.63, 3.8) is 0 Å². The fourth-order valence-corrected chi connectivity index (χ4v) is 3.21. The first-order valence-corrected chi connectivity index (χ1v) is 8.88. The number of likely N-dealkylation sites (N-methyl/N-ethyl adjacent to an activating group) is 1. The van der Waals surface area contributed by atoms with Gasteiger partial charge in [0.25, 0.3) is 5.69 Å². The number of rotatable bonds is 5. The predicted molar refractivity (Wildman–Crippen MR) is 102 cm³/mol. The van der Waals surface area contributed by atoms with Crippen LogP contribution < -0.4 is 10.2 Å². The van der Waals surface area contributed by atoms with Gasteiger partial charge < -0.3 is 15.1 Å². The van der Waals surface area contributed by atoms with E-state index in [0.717, 1.165) is 43.2 Å². The van der Waals surface area contributed by atoms with Gasteiger partial charge in [0.05, 0.1) is 4.92 Å². The summed E-state index contributed by atoms with van der Waals surface area (Å²) in [6.07, 6.45) is 1.87. The second-order valence-corrected chi connectivity index (χ2v) is 6.94. The molecule has 3 rings (SSSR count). The summed E-state index contributed by atoms with van der Waals surface area (Å²) in [5, 5.41) is 14.0. The molecule has 0 bridgehead atoms. The topological polar surface area (TPSA) is 74.5 Å². The summed E-state index contributed by atoms with van der Waals surface area (Å²) in [7, 11) is 2.13. The Labute approximate surface area is 154 Å². The van der Waals surface area contributed by atoms with Crippen molar-refractivity contribution in [3.8, 4) is 0 Å². The van der Waals surface area contributed by atoms with Crippen molar-refractivity contribution in [2.45, 2.75) is 6.54 Å². The first kappa shape index (κ1) is 17.6. The number of non-ortho nitro benzene ring substituents is 1. The first-order valence-electron chi connectivity index (χ1n) is 8.09. The number of nitrogens with zero attached hydrogens (tertiary/aromatic N) is 4. The Morgan fingerprint density at radius 3 is 2.60 bits per heavy atom. The van der Waals surface area contributed by atoms with Gasteiger partial charge in [0.15, 0.2) is 0 Å². The van der Waals surface area contributed by atoms with Crippen LogP contribution in [0.5, 0.6) is 0 Å². The quantitative estimate of drug-likeness (QED) is 0.608. The number of hydrogen-bond donors (Lipinski definition) is 1. The van der Waals surface area contributed by atoms with Crippen LogP contribution >= 0.6 is 15.9 Å². The zero-order valence-electron chi connectivity index (χ0n) is 14.0. The molecule has 0 unspecified atom stereocenters. The molecule has 1 aromatic heterocycles. The van der Waals surface area contributed by atoms with E-state index in [1.807, 2.05) is 12.3 Å². The minimum Gasteiger partial charge on any atom is -0.380 e. The molecule has 8 heteroatoms. The minimum absolute atomic E-state index is 0.0654. The van der Waals surface area contributed by atoms with Crippen LogP contribution in [0.3, 0.4) is 0 Å². The van der Waals surface area contributed by atoms with Crippen LogP contribution in [0.1, 0.15) is 5.56 Å². The van der Waals surface area contributed by atoms with E-state index in [0.29, 0.717) is 11.0 Å². The lowest BCUT2D eigenvalue weighted by Gasteiger charge is -2.33. The molecule has 1 aliphatic rings. The molecule has 1 aliphatic heterocycles. The lowest BCUT2D eigenvalue weighted by molar-refractivity contribution is -0.384. The molecular formula is C17H20BrN5O2. The molecule has 1 aromatic carbocycles. The molecule has 0 amide bonds. The number of hydrogen-bond acceptors (Lipinski definition) is 6. The molecule has 1 saturated heterocycles. The average Bonchev–Trinajstić information content (AvgIpc) is 2.62. The lowest BCUT2D eigenvalue weighted by Crippen LogP contribution is -2.44. The third kappa shape index (κ3) is 4.46. The number of aromatic nitrogens is 1. The summed E-state index contributed by atoms with van der Waals surface area (Å²) in [6, 6.07) is 8.80. The number of anilines is 2. The van der Waals surface area contributed by atoms with Gasteiger partial charge in [0.2, 0.25) is 0 Å². The number of nitro benzene ring substituents is 1. The van der Waals surface area contributed by atoms with E-state index in [-0.39, 0.29) is 5.69 Å². The highest BCUT2D eigenvalue weighted by Gasteiger charge is 2.15. The van der Waals surface area contributed by atoms with Gasteiger partial charge in [-0.15, -0.1) is 0 Å². The fraction of sp³-hybridized carbons (Fsp3) is 0.353. The van der Waals surface area contributed by atoms with E-state index in [9.17, 15) is 10.1 Å². The van der Waals surface area contributed by atoms with Gasteiger partial charge in [-0.05, 0) is 40.7 Å². The van der Waals surface area contributed by atoms with E-state index < -0.39 is 4.92 Å². The Bertz CT molecular complexity index is 745. The monoisotopic (exact) mass is 405 g/mol. The highest BCUT2D eigenvalue weighted by molar-refractivity contribution is 9.10. The van der Waals surface area contributed by atoms with Gasteiger partial charge in [0, 0.05) is 61.2 Å². The van der Waals surface area contributed by atoms with Crippen LogP contribution in [0.25, 0.3) is 0 Å². The second kappa shape index (κ2) is 7.79. The Hall–Kier alpha value is -2.19. The maximum Gasteiger partial charge on any atom is 0.270 e. The van der Waals surface area contributed by atoms with Crippen molar-refractivity contribution < 1.29 is 4.92 Å². The van der Waals surface area contributed by atoms with Gasteiger partial charge in [0.1, 0.15) is 5.82 Å². The summed E-state index contributed by atoms with van der Waals surface area (Å²) in [6.45, 7) is 4.71. The average molecular weight is 406 g/mol. The maximum absolute atomic E-state index is 10.8. The number of nitro groups is 1. The predicted octanol–water partition coefficient (Wildman–Crippen LogP) is 3.12. The molecule has 0 aliphatic carbocycles. The molecule has 1 fully saturated rings. The molecule has 0 saturated carbocycles. The molecule has 7 nitrogen and oxygen atoms in total. The zero-order valence-corrected chi connectivity index (χ0v) is 15.6. The Kier molecular flexibility index (Phi) is 5.50. The summed E-state index contributed by atoms with van der Waals surface area (Å²) in [5.41, 5.74) is 1.94. The van der Waals surface area contributed by atoms with E-state index in [2.05, 4.69) is 49.1 Å². The second-order valence-electron chi connectivity index (χ2n) is 6.09. The Morgan fingerprint density at radius 2 is 2.00 bits per heavy atom. The Morgan fingerprint density at radius 1 is 1.24 bits per heavy atom. The molecule has 0 radical (unpaired) electrons. The van der Waals surface area contributed by atoms with E-state index in [1.54, 1.807) is 6.07 Å². The standard InChI is InChI=1S/C17H20BrN5O2/c1-21-6-8-22(9-7-21)17-5-2-13(12-20-17)11-19-16-4-3-14(23(24)25)10-15(16)18/h2-5,10,12,19H,6-9,11H2,1H3. The van der Waals surface area contributed by atoms with Crippen LogP contribution in [-0.4, -0.2) is 48.0 Å². The molecule has 25 heavy (non-hydrogen) atoms. The fourth-order valence-electron chi connectivity index (χ4n) is 2.70. The van der Waals surface area contributed by atoms with Crippen molar-refractivity contribution >= 4 is 33.1 Å². The zero-order chi connectivity index (χ0) is 17.8. The van der Waals surface area contributed by atoms with E-state index in [4.69, 9.17) is 0 Å². The summed E-state index contributed by atoms with van der Waals surface area (Å²) in [4.78, 5) is 19.5. The molecule has 132 valence electrons. The van der Waals surface area contributed by atoms with Crippen LogP contribution in [0, 0.1) is 10.1 Å². The summed E-state index contributed by atoms with van der Waals surface area (Å²) in [5.74, 6) is 1.01. The molecular weight excluding hydrogens is 386 g/mol. The van der Waals surface area contributed by atoms with Crippen LogP contribution in [0.15, 0.2) is 41.0 Å². The van der Waals surface area contributed by atoms with Crippen LogP contribution in [-0.2, 0) is 6.54 Å². The molecule has 1 N–H and O–H groups in total. The highest BCUT2D eigenvalue weighted by Crippen LogP contribution is 2.27. The van der Waals surface area contributed by atoms with Crippen LogP contribution in [0.2, 0.25) is 0 Å². The largest absolute Gasteiger partial charge is 0.380 e. The molecule has 2 aromatic rings. The van der Waals surface area contributed by atoms with Gasteiger partial charge in [-0.2, -0.15) is 0 Å². The SMILES string of the molecule is CN1CCN(c2ccc(CNc3ccc([N+](=O)[O-])cc3Br)cn2)CC1. The normalized spacial score (nSPS) is 15.2. The summed E-state index contributed by atoms with van der Waals surface area (Å²) < 4.78 is 0.670. The highest BCUT2D eigenvalue weighted by atomic mass is 79.9. The van der Waals surface area contributed by atoms with Gasteiger partial charge in [-0.1, -0.05) is 6.07 Å². The van der Waals surface area contributed by atoms with Crippen molar-refractivity contribution in [2.24, 2.45) is 0 Å². The first-order chi connectivity index (χ1) is 12.0. The minimum atomic E-state index is -0.407. The van der Waals surface area contributed by atoms with Crippen LogP contribution in [0.4, 0.5) is 17.2 Å². The van der Waals surface area contributed by atoms with Crippen molar-refractivity contribution in [2.75, 3.05) is 43.4 Å². The van der Waals surface area contributed by atoms with Crippen molar-refractivity contribution in [3.05, 3.63) is 56.7 Å². The van der Waals surface area contributed by atoms with Crippen molar-refractivity contribution in [1.82, 2.24) is 9.88 Å². The summed E-state index contributed by atoms with van der Waals surface area (Å²) >= 11 is 3.36. The van der Waals surface area contributed by atoms with E-state index in [1.165, 1.54) is 12.1 Å². The number of halogens is 1. The van der Waals surface area contributed by atoms with E-state index >= 15 is 0 Å². The third-order valence-corrected chi connectivity index (χ3v) is 4.94. The van der Waals surface area contributed by atoms with Gasteiger partial charge in [-0.25, -0.2) is 4.98 Å². The smallest absolute Gasteiger partial charge is 0.270 e. The maximum atomic E-state index is 10.8. The number of piperazine rings is 1. The molecule has 0 spiro atoms. The van der Waals surface area contributed by atoms with Crippen molar-refractivity contribution in [1.29, 1.82) is 0 Å². The molecule has 2 heterocycles. The number of pyridine rings is 1. The lowest BCUT2D eigenvalue weighted by atomic mass is 10.2. The third-order valence-electron chi connectivity index (χ3n) is 4.28. The van der Waals surface area contributed by atoms with Gasteiger partial charge >= 0.3 is 0 Å². The number of nitrogens with one attached hydrogen (secondary N) is 1.